The van der Waals surface area contributed by atoms with E-state index in [9.17, 15) is 15.2 Å². The molecule has 0 saturated heterocycles. The van der Waals surface area contributed by atoms with E-state index in [0.717, 1.165) is 16.7 Å². The minimum atomic E-state index is -0.388. The lowest BCUT2D eigenvalue weighted by atomic mass is 10.1. The number of nitro groups is 1. The number of rotatable bonds is 5. The van der Waals surface area contributed by atoms with Crippen LogP contribution in [0.2, 0.25) is 0 Å². The molecule has 1 N–H and O–H groups in total. The van der Waals surface area contributed by atoms with E-state index in [4.69, 9.17) is 0 Å². The molecule has 1 aromatic heterocycles. The number of non-ortho nitro benzene ring substituents is 1. The van der Waals surface area contributed by atoms with Gasteiger partial charge in [-0.15, -0.1) is 0 Å². The Balaban J connectivity index is 0.00000243. The number of phenolic OH excluding ortho intramolecular Hbond substituents is 1. The van der Waals surface area contributed by atoms with Gasteiger partial charge in [-0.05, 0) is 11.6 Å². The highest BCUT2D eigenvalue weighted by atomic mass is 35.5. The highest BCUT2D eigenvalue weighted by molar-refractivity contribution is 5.71. The molecule has 3 rings (SSSR count). The highest BCUT2D eigenvalue weighted by Gasteiger charge is 2.08. The Kier molecular flexibility index (Phi) is 6.47. The number of halogens is 1. The lowest BCUT2D eigenvalue weighted by molar-refractivity contribution is -0.688. The van der Waals surface area contributed by atoms with Crippen molar-refractivity contribution in [3.63, 3.8) is 0 Å². The van der Waals surface area contributed by atoms with Crippen molar-refractivity contribution in [1.82, 2.24) is 0 Å². The highest BCUT2D eigenvalue weighted by Crippen LogP contribution is 2.18. The second-order valence-electron chi connectivity index (χ2n) is 5.62. The Morgan fingerprint density at radius 1 is 1.00 bits per heavy atom. The van der Waals surface area contributed by atoms with E-state index in [-0.39, 0.29) is 28.8 Å². The van der Waals surface area contributed by atoms with Crippen LogP contribution < -0.4 is 17.0 Å². The van der Waals surface area contributed by atoms with Crippen molar-refractivity contribution in [3.05, 3.63) is 99.9 Å². The SMILES string of the molecule is O=[N+]([O-])c1cccc(C[n+]2ccc(/C=C/c3ccccc3O)cc2)c1.[Cl-]. The van der Waals surface area contributed by atoms with Gasteiger partial charge in [0.1, 0.15) is 5.75 Å². The van der Waals surface area contributed by atoms with Crippen LogP contribution in [0.3, 0.4) is 0 Å². The molecule has 0 aliphatic carbocycles. The summed E-state index contributed by atoms with van der Waals surface area (Å²) in [6.45, 7) is 0.561. The third-order valence-corrected chi connectivity index (χ3v) is 3.80. The third kappa shape index (κ3) is 4.91. The minimum Gasteiger partial charge on any atom is -1.00 e. The van der Waals surface area contributed by atoms with Crippen molar-refractivity contribution in [1.29, 1.82) is 0 Å². The molecular formula is C20H17ClN2O3. The second kappa shape index (κ2) is 8.78. The van der Waals surface area contributed by atoms with Crippen LogP contribution >= 0.6 is 0 Å². The van der Waals surface area contributed by atoms with Gasteiger partial charge < -0.3 is 17.5 Å². The number of pyridine rings is 1. The molecule has 0 aliphatic rings. The van der Waals surface area contributed by atoms with Crippen LogP contribution in [0.25, 0.3) is 12.2 Å². The van der Waals surface area contributed by atoms with Crippen LogP contribution in [-0.4, -0.2) is 10.0 Å². The maximum atomic E-state index is 10.8. The van der Waals surface area contributed by atoms with Gasteiger partial charge in [0.2, 0.25) is 0 Å². The number of aromatic hydroxyl groups is 1. The topological polar surface area (TPSA) is 67.2 Å². The molecule has 0 amide bonds. The largest absolute Gasteiger partial charge is 1.00 e. The fourth-order valence-corrected chi connectivity index (χ4v) is 2.48. The van der Waals surface area contributed by atoms with E-state index in [1.54, 1.807) is 24.3 Å². The summed E-state index contributed by atoms with van der Waals surface area (Å²) in [5.41, 5.74) is 2.73. The van der Waals surface area contributed by atoms with E-state index in [1.807, 2.05) is 59.4 Å². The summed E-state index contributed by atoms with van der Waals surface area (Å²) in [7, 11) is 0. The zero-order valence-electron chi connectivity index (χ0n) is 13.8. The Morgan fingerprint density at radius 2 is 1.73 bits per heavy atom. The molecule has 0 spiro atoms. The van der Waals surface area contributed by atoms with E-state index >= 15 is 0 Å². The van der Waals surface area contributed by atoms with Gasteiger partial charge in [0, 0.05) is 35.4 Å². The summed E-state index contributed by atoms with van der Waals surface area (Å²) in [6, 6.07) is 17.7. The number of phenols is 1. The van der Waals surface area contributed by atoms with Gasteiger partial charge in [-0.3, -0.25) is 10.1 Å². The smallest absolute Gasteiger partial charge is 0.269 e. The predicted molar refractivity (Wildman–Crippen MR) is 95.9 cm³/mol. The van der Waals surface area contributed by atoms with E-state index < -0.39 is 0 Å². The maximum Gasteiger partial charge on any atom is 0.269 e. The number of aromatic nitrogens is 1. The van der Waals surface area contributed by atoms with Crippen molar-refractivity contribution >= 4 is 17.8 Å². The van der Waals surface area contributed by atoms with Crippen molar-refractivity contribution < 1.29 is 27.0 Å². The number of benzene rings is 2. The molecule has 0 unspecified atom stereocenters. The number of nitro benzene ring substituents is 1. The molecule has 2 aromatic carbocycles. The van der Waals surface area contributed by atoms with E-state index in [1.165, 1.54) is 6.07 Å². The molecular weight excluding hydrogens is 352 g/mol. The number of nitrogens with zero attached hydrogens (tertiary/aromatic N) is 2. The summed E-state index contributed by atoms with van der Waals surface area (Å²) in [4.78, 5) is 10.4. The van der Waals surface area contributed by atoms with Crippen molar-refractivity contribution in [2.24, 2.45) is 0 Å². The quantitative estimate of drug-likeness (QED) is 0.412. The lowest BCUT2D eigenvalue weighted by Gasteiger charge is -2.00. The molecule has 3 aromatic rings. The third-order valence-electron chi connectivity index (χ3n) is 3.80. The summed E-state index contributed by atoms with van der Waals surface area (Å²) in [6.07, 6.45) is 7.62. The molecule has 26 heavy (non-hydrogen) atoms. The van der Waals surface area contributed by atoms with Gasteiger partial charge in [-0.2, -0.15) is 0 Å². The number of para-hydroxylation sites is 1. The van der Waals surface area contributed by atoms with Crippen molar-refractivity contribution in [2.45, 2.75) is 6.54 Å². The molecule has 0 radical (unpaired) electrons. The Bertz CT molecular complexity index is 924. The Hall–Kier alpha value is -3.18. The van der Waals surface area contributed by atoms with Crippen LogP contribution in [0.4, 0.5) is 5.69 Å². The first-order chi connectivity index (χ1) is 12.1. The first-order valence-corrected chi connectivity index (χ1v) is 7.80. The molecule has 0 aliphatic heterocycles. The fourth-order valence-electron chi connectivity index (χ4n) is 2.48. The molecule has 0 fully saturated rings. The van der Waals surface area contributed by atoms with Crippen LogP contribution in [0.15, 0.2) is 73.1 Å². The Morgan fingerprint density at radius 3 is 2.42 bits per heavy atom. The van der Waals surface area contributed by atoms with Crippen LogP contribution in [0, 0.1) is 10.1 Å². The van der Waals surface area contributed by atoms with Gasteiger partial charge in [0.25, 0.3) is 5.69 Å². The van der Waals surface area contributed by atoms with E-state index in [0.29, 0.717) is 6.54 Å². The Labute approximate surface area is 157 Å². The zero-order valence-corrected chi connectivity index (χ0v) is 14.6. The van der Waals surface area contributed by atoms with Crippen LogP contribution in [-0.2, 0) is 6.54 Å². The first kappa shape index (κ1) is 19.1. The maximum absolute atomic E-state index is 10.8. The summed E-state index contributed by atoms with van der Waals surface area (Å²) in [5, 5.41) is 20.6. The molecule has 0 saturated carbocycles. The average Bonchev–Trinajstić information content (AvgIpc) is 2.62. The fraction of sp³-hybridized carbons (Fsp3) is 0.0500. The van der Waals surface area contributed by atoms with Crippen molar-refractivity contribution in [2.75, 3.05) is 0 Å². The standard InChI is InChI=1S/C20H16N2O3.ClH/c23-20-7-2-1-5-18(20)9-8-16-10-12-21(13-11-16)15-17-4-3-6-19(14-17)22(24)25;/h1-14H,15H2;1H. The molecule has 0 bridgehead atoms. The molecule has 5 nitrogen and oxygen atoms in total. The minimum absolute atomic E-state index is 0. The van der Waals surface area contributed by atoms with E-state index in [2.05, 4.69) is 0 Å². The normalized spacial score (nSPS) is 10.5. The summed E-state index contributed by atoms with van der Waals surface area (Å²) >= 11 is 0. The van der Waals surface area contributed by atoms with Crippen LogP contribution in [0.5, 0.6) is 5.75 Å². The number of hydrogen-bond donors (Lipinski definition) is 1. The molecule has 1 heterocycles. The molecule has 6 heteroatoms. The predicted octanol–water partition coefficient (Wildman–Crippen LogP) is 0.811. The van der Waals surface area contributed by atoms with Crippen molar-refractivity contribution in [3.8, 4) is 5.75 Å². The summed E-state index contributed by atoms with van der Waals surface area (Å²) < 4.78 is 1.95. The average molecular weight is 369 g/mol. The monoisotopic (exact) mass is 368 g/mol. The second-order valence-corrected chi connectivity index (χ2v) is 5.62. The zero-order chi connectivity index (χ0) is 17.6. The first-order valence-electron chi connectivity index (χ1n) is 7.80. The molecule has 0 atom stereocenters. The van der Waals surface area contributed by atoms with Gasteiger partial charge >= 0.3 is 0 Å². The van der Waals surface area contributed by atoms with Gasteiger partial charge in [-0.1, -0.05) is 42.5 Å². The number of hydrogen-bond acceptors (Lipinski definition) is 3. The van der Waals surface area contributed by atoms with Gasteiger partial charge in [0.05, 0.1) is 4.92 Å². The van der Waals surface area contributed by atoms with Gasteiger partial charge in [-0.25, -0.2) is 4.57 Å². The summed E-state index contributed by atoms with van der Waals surface area (Å²) in [5.74, 6) is 0.246. The lowest BCUT2D eigenvalue weighted by Crippen LogP contribution is -3.00. The van der Waals surface area contributed by atoms with Crippen LogP contribution in [0.1, 0.15) is 16.7 Å². The van der Waals surface area contributed by atoms with Gasteiger partial charge in [0.15, 0.2) is 18.9 Å². The molecule has 132 valence electrons.